The molecule has 0 aliphatic carbocycles. The van der Waals surface area contributed by atoms with Gasteiger partial charge in [-0.3, -0.25) is 9.69 Å². The van der Waals surface area contributed by atoms with Crippen LogP contribution in [0.4, 0.5) is 4.79 Å². The fourth-order valence-corrected chi connectivity index (χ4v) is 11.4. The largest absolute Gasteiger partial charge is 0.619 e. The van der Waals surface area contributed by atoms with Crippen LogP contribution in [0.15, 0.2) is 114 Å². The highest BCUT2D eigenvalue weighted by molar-refractivity contribution is 7.89. The van der Waals surface area contributed by atoms with Gasteiger partial charge in [0.2, 0.25) is 10.0 Å². The highest BCUT2D eigenvalue weighted by atomic mass is 35.5. The Morgan fingerprint density at radius 1 is 0.859 bits per heavy atom. The average Bonchev–Trinajstić information content (AvgIpc) is 3.28. The van der Waals surface area contributed by atoms with Crippen molar-refractivity contribution in [2.24, 2.45) is 11.8 Å². The first-order valence-electron chi connectivity index (χ1n) is 20.9. The van der Waals surface area contributed by atoms with Gasteiger partial charge < -0.3 is 34.6 Å². The molecule has 2 unspecified atom stereocenters. The van der Waals surface area contributed by atoms with Crippen molar-refractivity contribution in [3.05, 3.63) is 153 Å². The fraction of sp³-hybridized carbons (Fsp3) is 0.340. The van der Waals surface area contributed by atoms with E-state index in [0.29, 0.717) is 44.6 Å². The van der Waals surface area contributed by atoms with E-state index >= 15 is 0 Å². The predicted octanol–water partition coefficient (Wildman–Crippen LogP) is 7.23. The van der Waals surface area contributed by atoms with Crippen molar-refractivity contribution in [2.45, 2.75) is 54.9 Å². The number of hydrogen-bond donors (Lipinski definition) is 2. The number of fused-ring (bicyclic) bond motifs is 3. The summed E-state index contributed by atoms with van der Waals surface area (Å²) in [6, 6.07) is 26.7. The van der Waals surface area contributed by atoms with Crippen molar-refractivity contribution >= 4 is 45.3 Å². The standard InChI is InChI=1S/C47H48Cl2N4O10S/c1-60-41-16-13-32(22-42(41)61-2)36(23-37-39(48)25-52(57)26-40(37)49)45-38(46(54)55)24-53(45)64(58,59)35-14-11-29(12-15-35)28-62-34-10-6-9-33(21-34)44(31-7-4-3-5-8-31)50-47(56)63-43-27-51-19-17-30(43)18-20-51/h3-16,21-22,25-26,30,36,38,43-45H,17-20,23-24,27-28H2,1-2H3,(H,50,56)(H,54,55)/t36-,38?,43-,44-,45?/m0/s1. The zero-order valence-electron chi connectivity index (χ0n) is 35.1. The molecule has 4 fully saturated rings. The van der Waals surface area contributed by atoms with Crippen LogP contribution in [0.2, 0.25) is 10.0 Å². The zero-order chi connectivity index (χ0) is 45.1. The summed E-state index contributed by atoms with van der Waals surface area (Å²) in [5.74, 6) is -1.39. The fourth-order valence-electron chi connectivity index (χ4n) is 9.10. The highest BCUT2D eigenvalue weighted by Gasteiger charge is 2.54. The van der Waals surface area contributed by atoms with E-state index in [-0.39, 0.29) is 40.6 Å². The van der Waals surface area contributed by atoms with Crippen LogP contribution >= 0.6 is 23.2 Å². The molecule has 2 bridgehead atoms. The van der Waals surface area contributed by atoms with Gasteiger partial charge in [-0.15, -0.1) is 0 Å². The molecule has 1 amide bonds. The molecule has 4 aliphatic heterocycles. The molecule has 336 valence electrons. The lowest BCUT2D eigenvalue weighted by Gasteiger charge is -2.48. The molecule has 64 heavy (non-hydrogen) atoms. The second-order valence-corrected chi connectivity index (χ2v) is 19.0. The SMILES string of the molecule is COc1ccc([C@H](Cc2c(Cl)c[n+]([O-])cc2Cl)C2C(C(=O)O)CN2S(=O)(=O)c2ccc(COc3cccc([C@@H](NC(=O)O[C@H]4CN5CCC4CC5)c4ccccc4)c3)cc2)cc1OC. The zero-order valence-corrected chi connectivity index (χ0v) is 37.5. The number of amides is 1. The number of carbonyl (C=O) groups excluding carboxylic acids is 1. The van der Waals surface area contributed by atoms with Gasteiger partial charge in [-0.05, 0) is 96.9 Å². The number of ether oxygens (including phenoxy) is 4. The van der Waals surface area contributed by atoms with Crippen LogP contribution < -0.4 is 24.3 Å². The molecule has 4 aliphatic rings. The number of carboxylic acid groups (broad SMARTS) is 1. The Morgan fingerprint density at radius 2 is 1.55 bits per heavy atom. The van der Waals surface area contributed by atoms with E-state index in [1.165, 1.54) is 30.7 Å². The summed E-state index contributed by atoms with van der Waals surface area (Å²) in [7, 11) is -1.32. The molecule has 0 radical (unpaired) electrons. The summed E-state index contributed by atoms with van der Waals surface area (Å²) >= 11 is 13.0. The van der Waals surface area contributed by atoms with Crippen LogP contribution in [0, 0.1) is 17.0 Å². The van der Waals surface area contributed by atoms with Gasteiger partial charge in [-0.2, -0.15) is 9.04 Å². The van der Waals surface area contributed by atoms with Crippen LogP contribution in [-0.4, -0.2) is 87.3 Å². The third-order valence-corrected chi connectivity index (χ3v) is 15.1. The lowest BCUT2D eigenvalue weighted by atomic mass is 9.75. The Bertz CT molecular complexity index is 2570. The van der Waals surface area contributed by atoms with E-state index < -0.39 is 46.0 Å². The van der Waals surface area contributed by atoms with Crippen molar-refractivity contribution in [1.82, 2.24) is 14.5 Å². The molecule has 1 aromatic heterocycles. The van der Waals surface area contributed by atoms with E-state index in [2.05, 4.69) is 10.2 Å². The second-order valence-electron chi connectivity index (χ2n) is 16.3. The molecular formula is C47H48Cl2N4O10S. The van der Waals surface area contributed by atoms with Crippen molar-refractivity contribution in [2.75, 3.05) is 40.4 Å². The third-order valence-electron chi connectivity index (χ3n) is 12.5. The number of alkyl carbamates (subject to hydrolysis) is 1. The normalized spacial score (nSPS) is 21.5. The summed E-state index contributed by atoms with van der Waals surface area (Å²) in [5, 5.41) is 25.6. The van der Waals surface area contributed by atoms with Crippen LogP contribution in [0.25, 0.3) is 0 Å². The quantitative estimate of drug-likeness (QED) is 0.0756. The number of nitrogens with zero attached hydrogens (tertiary/aromatic N) is 3. The molecule has 0 saturated carbocycles. The smallest absolute Gasteiger partial charge is 0.408 e. The predicted molar refractivity (Wildman–Crippen MR) is 238 cm³/mol. The molecule has 0 spiro atoms. The van der Waals surface area contributed by atoms with Crippen molar-refractivity contribution in [1.29, 1.82) is 0 Å². The van der Waals surface area contributed by atoms with Gasteiger partial charge in [0.05, 0.1) is 31.1 Å². The Kier molecular flexibility index (Phi) is 13.5. The van der Waals surface area contributed by atoms with E-state index in [4.69, 9.17) is 42.1 Å². The minimum atomic E-state index is -4.26. The van der Waals surface area contributed by atoms with Gasteiger partial charge >= 0.3 is 12.1 Å². The lowest BCUT2D eigenvalue weighted by Crippen LogP contribution is -2.63. The number of benzene rings is 4. The van der Waals surface area contributed by atoms with Crippen molar-refractivity contribution in [3.63, 3.8) is 0 Å². The van der Waals surface area contributed by atoms with Gasteiger partial charge in [0.15, 0.2) is 23.9 Å². The molecule has 4 saturated heterocycles. The molecule has 5 heterocycles. The maximum atomic E-state index is 14.4. The molecule has 9 rings (SSSR count). The number of aromatic nitrogens is 1. The number of hydrogen-bond acceptors (Lipinski definition) is 10. The summed E-state index contributed by atoms with van der Waals surface area (Å²) in [6.07, 6.45) is 3.71. The van der Waals surface area contributed by atoms with Crippen molar-refractivity contribution in [3.8, 4) is 17.2 Å². The average molecular weight is 932 g/mol. The highest BCUT2D eigenvalue weighted by Crippen LogP contribution is 2.45. The van der Waals surface area contributed by atoms with E-state index in [0.717, 1.165) is 56.0 Å². The number of sulfonamides is 1. The summed E-state index contributed by atoms with van der Waals surface area (Å²) < 4.78 is 53.7. The molecule has 5 aromatic rings. The number of methoxy groups -OCH3 is 2. The first-order chi connectivity index (χ1) is 30.8. The first-order valence-corrected chi connectivity index (χ1v) is 23.1. The monoisotopic (exact) mass is 930 g/mol. The van der Waals surface area contributed by atoms with Gasteiger partial charge in [-0.1, -0.05) is 83.9 Å². The van der Waals surface area contributed by atoms with E-state index in [1.807, 2.05) is 54.6 Å². The maximum Gasteiger partial charge on any atom is 0.408 e. The minimum Gasteiger partial charge on any atom is -0.619 e. The number of carbonyl (C=O) groups is 2. The Morgan fingerprint density at radius 3 is 2.19 bits per heavy atom. The third kappa shape index (κ3) is 9.59. The molecule has 4 aromatic carbocycles. The topological polar surface area (TPSA) is 171 Å². The van der Waals surface area contributed by atoms with Gasteiger partial charge in [-0.25, -0.2) is 13.2 Å². The second kappa shape index (κ2) is 19.3. The van der Waals surface area contributed by atoms with Crippen LogP contribution in [0.3, 0.4) is 0 Å². The van der Waals surface area contributed by atoms with Gasteiger partial charge in [0, 0.05) is 30.6 Å². The van der Waals surface area contributed by atoms with E-state index in [9.17, 15) is 28.3 Å². The number of carboxylic acids is 1. The Labute approximate surface area is 381 Å². The summed E-state index contributed by atoms with van der Waals surface area (Å²) in [6.45, 7) is 2.66. The van der Waals surface area contributed by atoms with Crippen LogP contribution in [0.5, 0.6) is 17.2 Å². The van der Waals surface area contributed by atoms with Crippen LogP contribution in [-0.2, 0) is 32.6 Å². The minimum absolute atomic E-state index is 0.00206. The molecular weight excluding hydrogens is 884 g/mol. The molecule has 2 N–H and O–H groups in total. The number of rotatable bonds is 16. The maximum absolute atomic E-state index is 14.4. The summed E-state index contributed by atoms with van der Waals surface area (Å²) in [4.78, 5) is 28.3. The number of pyridine rings is 1. The molecule has 14 nitrogen and oxygen atoms in total. The lowest BCUT2D eigenvalue weighted by molar-refractivity contribution is -0.605. The van der Waals surface area contributed by atoms with Gasteiger partial charge in [0.1, 0.15) is 28.5 Å². The Hall–Kier alpha value is -5.58. The Balaban J connectivity index is 0.998. The number of halogens is 2. The number of piperidine rings is 3. The summed E-state index contributed by atoms with van der Waals surface area (Å²) in [5.41, 5.74) is 3.25. The molecule has 5 atom stereocenters. The van der Waals surface area contributed by atoms with Crippen LogP contribution in [0.1, 0.15) is 52.6 Å². The number of aliphatic carboxylic acids is 1. The van der Waals surface area contributed by atoms with E-state index in [1.54, 1.807) is 30.3 Å². The van der Waals surface area contributed by atoms with Crippen molar-refractivity contribution < 1.29 is 46.8 Å². The molecule has 17 heteroatoms. The van der Waals surface area contributed by atoms with Gasteiger partial charge in [0.25, 0.3) is 0 Å². The number of nitrogens with one attached hydrogen (secondary N) is 1. The first kappa shape index (κ1) is 45.0.